The lowest BCUT2D eigenvalue weighted by Gasteiger charge is -2.24. The number of nitrogens with one attached hydrogen (secondary N) is 1. The van der Waals surface area contributed by atoms with Crippen molar-refractivity contribution in [2.75, 3.05) is 20.6 Å². The van der Waals surface area contributed by atoms with Crippen LogP contribution < -0.4 is 5.32 Å². The maximum Gasteiger partial charge on any atom is 0.244 e. The number of rotatable bonds is 6. The lowest BCUT2D eigenvalue weighted by molar-refractivity contribution is -0.116. The fraction of sp³-hybridized carbons (Fsp3) is 0.235. The lowest BCUT2D eigenvalue weighted by atomic mass is 10.1. The van der Waals surface area contributed by atoms with E-state index in [9.17, 15) is 9.18 Å². The van der Waals surface area contributed by atoms with E-state index in [1.54, 1.807) is 24.3 Å². The summed E-state index contributed by atoms with van der Waals surface area (Å²) in [7, 11) is 3.77. The minimum atomic E-state index is -0.288. The third-order valence-electron chi connectivity index (χ3n) is 3.32. The molecule has 122 valence electrons. The molecular weight excluding hydrogens is 363 g/mol. The summed E-state index contributed by atoms with van der Waals surface area (Å²) in [6.07, 6.45) is 3.00. The fourth-order valence-corrected chi connectivity index (χ4v) is 2.46. The van der Waals surface area contributed by atoms with Gasteiger partial charge in [-0.15, -0.1) is 0 Å². The molecule has 0 radical (unpaired) electrons. The van der Waals surface area contributed by atoms with Gasteiger partial charge in [-0.25, -0.2) is 4.39 Å². The third-order valence-corrected chi connectivity index (χ3v) is 3.75. The summed E-state index contributed by atoms with van der Waals surface area (Å²) in [5, 5.41) is 2.82. The molecule has 0 aliphatic carbocycles. The number of amides is 1. The van der Waals surface area contributed by atoms with Crippen LogP contribution >= 0.6 is 15.9 Å². The summed E-state index contributed by atoms with van der Waals surface area (Å²) >= 11 is 3.20. The number of likely N-dealkylation sites (N-methyl/N-ethyl adjacent to an activating group) is 1. The maximum absolute atomic E-state index is 13.4. The zero-order valence-electron chi connectivity index (χ0n) is 12.9. The Hall–Kier alpha value is -1.92. The van der Waals surface area contributed by atoms with Crippen LogP contribution in [-0.4, -0.2) is 31.4 Å². The summed E-state index contributed by atoms with van der Waals surface area (Å²) in [6, 6.07) is 9.79. The molecule has 2 aromatic rings. The van der Waals surface area contributed by atoms with Crippen LogP contribution in [0.15, 0.2) is 51.6 Å². The lowest BCUT2D eigenvalue weighted by Crippen LogP contribution is -2.33. The number of carbonyl (C=O) groups is 1. The molecule has 6 heteroatoms. The number of hydrogen-bond acceptors (Lipinski definition) is 3. The van der Waals surface area contributed by atoms with Crippen molar-refractivity contribution >= 4 is 27.9 Å². The van der Waals surface area contributed by atoms with Gasteiger partial charge in [0.1, 0.15) is 11.6 Å². The van der Waals surface area contributed by atoms with Gasteiger partial charge in [-0.1, -0.05) is 12.1 Å². The predicted molar refractivity (Wildman–Crippen MR) is 91.3 cm³/mol. The molecule has 0 bridgehead atoms. The molecule has 0 spiro atoms. The molecule has 0 aliphatic rings. The van der Waals surface area contributed by atoms with Crippen LogP contribution in [0.3, 0.4) is 0 Å². The zero-order valence-corrected chi connectivity index (χ0v) is 14.5. The van der Waals surface area contributed by atoms with Crippen molar-refractivity contribution in [2.24, 2.45) is 0 Å². The minimum Gasteiger partial charge on any atom is -0.450 e. The largest absolute Gasteiger partial charge is 0.450 e. The molecule has 1 atom stereocenters. The van der Waals surface area contributed by atoms with Gasteiger partial charge in [-0.05, 0) is 65.9 Å². The van der Waals surface area contributed by atoms with Crippen molar-refractivity contribution in [1.82, 2.24) is 10.2 Å². The Kier molecular flexibility index (Phi) is 6.12. The van der Waals surface area contributed by atoms with E-state index >= 15 is 0 Å². The standard InChI is InChI=1S/C17H18BrFN2O2/c1-21(2)15(12-4-3-5-13(19)10-12)11-20-17(22)9-7-14-6-8-16(18)23-14/h3-10,15H,11H2,1-2H3,(H,20,22)/b9-7+. The van der Waals surface area contributed by atoms with Gasteiger partial charge < -0.3 is 14.6 Å². The third kappa shape index (κ3) is 5.33. The van der Waals surface area contributed by atoms with Crippen molar-refractivity contribution in [1.29, 1.82) is 0 Å². The SMILES string of the molecule is CN(C)C(CNC(=O)/C=C/c1ccc(Br)o1)c1cccc(F)c1. The molecule has 0 saturated carbocycles. The number of halogens is 2. The van der Waals surface area contributed by atoms with Crippen molar-refractivity contribution < 1.29 is 13.6 Å². The molecule has 1 amide bonds. The molecule has 0 aliphatic heterocycles. The van der Waals surface area contributed by atoms with Crippen molar-refractivity contribution in [3.05, 3.63) is 64.3 Å². The summed E-state index contributed by atoms with van der Waals surface area (Å²) in [6.45, 7) is 0.376. The minimum absolute atomic E-state index is 0.110. The molecule has 2 rings (SSSR count). The van der Waals surface area contributed by atoms with Crippen molar-refractivity contribution in [3.63, 3.8) is 0 Å². The number of hydrogen-bond donors (Lipinski definition) is 1. The summed E-state index contributed by atoms with van der Waals surface area (Å²) < 4.78 is 19.3. The highest BCUT2D eigenvalue weighted by Gasteiger charge is 2.15. The highest BCUT2D eigenvalue weighted by molar-refractivity contribution is 9.10. The molecule has 1 N–H and O–H groups in total. The van der Waals surface area contributed by atoms with Crippen LogP contribution in [0, 0.1) is 5.82 Å². The van der Waals surface area contributed by atoms with Crippen LogP contribution in [0.2, 0.25) is 0 Å². The average Bonchev–Trinajstić information content (AvgIpc) is 2.91. The van der Waals surface area contributed by atoms with E-state index in [2.05, 4.69) is 21.2 Å². The maximum atomic E-state index is 13.4. The summed E-state index contributed by atoms with van der Waals surface area (Å²) in [5.74, 6) is 0.0612. The van der Waals surface area contributed by atoms with E-state index in [1.807, 2.05) is 25.1 Å². The Bertz CT molecular complexity index is 697. The Labute approximate surface area is 143 Å². The van der Waals surface area contributed by atoms with Crippen LogP contribution in [0.1, 0.15) is 17.4 Å². The number of carbonyl (C=O) groups excluding carboxylic acids is 1. The van der Waals surface area contributed by atoms with E-state index in [0.717, 1.165) is 5.56 Å². The van der Waals surface area contributed by atoms with E-state index in [0.29, 0.717) is 17.0 Å². The smallest absolute Gasteiger partial charge is 0.244 e. The van der Waals surface area contributed by atoms with Crippen molar-refractivity contribution in [3.8, 4) is 0 Å². The molecule has 23 heavy (non-hydrogen) atoms. The second kappa shape index (κ2) is 8.08. The fourth-order valence-electron chi connectivity index (χ4n) is 2.14. The highest BCUT2D eigenvalue weighted by Crippen LogP contribution is 2.18. The average molecular weight is 381 g/mol. The Morgan fingerprint density at radius 3 is 2.78 bits per heavy atom. The number of furan rings is 1. The van der Waals surface area contributed by atoms with Gasteiger partial charge in [0.15, 0.2) is 4.67 Å². The van der Waals surface area contributed by atoms with Crippen LogP contribution in [0.25, 0.3) is 6.08 Å². The Morgan fingerprint density at radius 1 is 1.39 bits per heavy atom. The van der Waals surface area contributed by atoms with E-state index in [1.165, 1.54) is 18.2 Å². The first-order valence-electron chi connectivity index (χ1n) is 7.09. The van der Waals surface area contributed by atoms with Gasteiger partial charge in [0.25, 0.3) is 0 Å². The van der Waals surface area contributed by atoms with Gasteiger partial charge in [0.2, 0.25) is 5.91 Å². The van der Waals surface area contributed by atoms with E-state index < -0.39 is 0 Å². The number of benzene rings is 1. The Morgan fingerprint density at radius 2 is 2.17 bits per heavy atom. The first kappa shape index (κ1) is 17.4. The monoisotopic (exact) mass is 380 g/mol. The first-order chi connectivity index (χ1) is 11.0. The molecule has 1 unspecified atom stereocenters. The summed E-state index contributed by atoms with van der Waals surface area (Å²) in [4.78, 5) is 13.8. The molecule has 0 fully saturated rings. The quantitative estimate of drug-likeness (QED) is 0.778. The summed E-state index contributed by atoms with van der Waals surface area (Å²) in [5.41, 5.74) is 0.814. The molecule has 1 aromatic heterocycles. The topological polar surface area (TPSA) is 45.5 Å². The first-order valence-corrected chi connectivity index (χ1v) is 7.88. The van der Waals surface area contributed by atoms with Crippen LogP contribution in [0.5, 0.6) is 0 Å². The van der Waals surface area contributed by atoms with E-state index in [4.69, 9.17) is 4.42 Å². The molecule has 1 aromatic carbocycles. The normalized spacial score (nSPS) is 12.7. The second-order valence-corrected chi connectivity index (χ2v) is 6.04. The van der Waals surface area contributed by atoms with Crippen LogP contribution in [-0.2, 0) is 4.79 Å². The van der Waals surface area contributed by atoms with Gasteiger partial charge in [-0.3, -0.25) is 4.79 Å². The Balaban J connectivity index is 1.96. The number of nitrogens with zero attached hydrogens (tertiary/aromatic N) is 1. The molecular formula is C17H18BrFN2O2. The van der Waals surface area contributed by atoms with Gasteiger partial charge in [-0.2, -0.15) is 0 Å². The van der Waals surface area contributed by atoms with E-state index in [-0.39, 0.29) is 17.8 Å². The van der Waals surface area contributed by atoms with Gasteiger partial charge in [0, 0.05) is 12.6 Å². The van der Waals surface area contributed by atoms with Crippen molar-refractivity contribution in [2.45, 2.75) is 6.04 Å². The second-order valence-electron chi connectivity index (χ2n) is 5.25. The van der Waals surface area contributed by atoms with Gasteiger partial charge >= 0.3 is 0 Å². The van der Waals surface area contributed by atoms with Crippen LogP contribution in [0.4, 0.5) is 4.39 Å². The predicted octanol–water partition coefficient (Wildman–Crippen LogP) is 3.61. The molecule has 0 saturated heterocycles. The van der Waals surface area contributed by atoms with Gasteiger partial charge in [0.05, 0.1) is 6.04 Å². The molecule has 4 nitrogen and oxygen atoms in total. The molecule has 1 heterocycles. The highest BCUT2D eigenvalue weighted by atomic mass is 79.9. The zero-order chi connectivity index (χ0) is 16.8.